The van der Waals surface area contributed by atoms with Gasteiger partial charge in [-0.3, -0.25) is 4.79 Å². The van der Waals surface area contributed by atoms with Gasteiger partial charge < -0.3 is 20.8 Å². The Bertz CT molecular complexity index is 899. The van der Waals surface area contributed by atoms with Gasteiger partial charge in [0.25, 0.3) is 0 Å². The summed E-state index contributed by atoms with van der Waals surface area (Å²) in [6.45, 7) is 0. The van der Waals surface area contributed by atoms with E-state index >= 15 is 0 Å². The minimum atomic E-state index is -5.39. The van der Waals surface area contributed by atoms with Crippen LogP contribution in [0.1, 0.15) is 22.0 Å². The van der Waals surface area contributed by atoms with E-state index in [1.807, 2.05) is 0 Å². The van der Waals surface area contributed by atoms with E-state index in [0.29, 0.717) is 0 Å². The fraction of sp³-hybridized carbons (Fsp3) is 0.222. The number of nitrogens with one attached hydrogen (secondary N) is 2. The maximum absolute atomic E-state index is 13.7. The van der Waals surface area contributed by atoms with Crippen molar-refractivity contribution in [1.29, 1.82) is 0 Å². The van der Waals surface area contributed by atoms with Crippen LogP contribution >= 0.6 is 0 Å². The highest BCUT2D eigenvalue weighted by Gasteiger charge is 2.66. The number of alkyl halides is 3. The molecule has 3 atom stereocenters. The fourth-order valence-electron chi connectivity index (χ4n) is 3.09. The summed E-state index contributed by atoms with van der Waals surface area (Å²) in [5.41, 5.74) is -4.10. The minimum absolute atomic E-state index is 0.0517. The Labute approximate surface area is 155 Å². The van der Waals surface area contributed by atoms with Crippen molar-refractivity contribution in [1.82, 2.24) is 10.6 Å². The first-order valence-corrected chi connectivity index (χ1v) is 7.99. The molecule has 6 nitrogen and oxygen atoms in total. The Kier molecular flexibility index (Phi) is 4.76. The number of amides is 2. The van der Waals surface area contributed by atoms with E-state index in [0.717, 1.165) is 36.4 Å². The molecule has 1 heterocycles. The average Bonchev–Trinajstić information content (AvgIpc) is 2.61. The highest BCUT2D eigenvalue weighted by molar-refractivity contribution is 6.00. The maximum atomic E-state index is 13.7. The van der Waals surface area contributed by atoms with Gasteiger partial charge in [0.15, 0.2) is 5.78 Å². The van der Waals surface area contributed by atoms with E-state index in [-0.39, 0.29) is 16.9 Å². The van der Waals surface area contributed by atoms with Crippen molar-refractivity contribution in [2.24, 2.45) is 5.92 Å². The second-order valence-corrected chi connectivity index (χ2v) is 6.28. The fourth-order valence-corrected chi connectivity index (χ4v) is 3.09. The molecule has 10 heteroatoms. The summed E-state index contributed by atoms with van der Waals surface area (Å²) in [7, 11) is 0. The SMILES string of the molecule is O=C1N[C@@H](c2ccc(O)cc2)[C@@H](C(=O)c2ccc(F)cc2)[C@](O)(C(F)(F)F)N1. The van der Waals surface area contributed by atoms with Crippen LogP contribution < -0.4 is 10.6 Å². The van der Waals surface area contributed by atoms with Crippen molar-refractivity contribution in [3.63, 3.8) is 0 Å². The number of Topliss-reactive ketones (excluding diaryl/α,β-unsaturated/α-hetero) is 1. The molecule has 1 aliphatic rings. The molecule has 0 radical (unpaired) electrons. The third-order valence-electron chi connectivity index (χ3n) is 4.47. The Morgan fingerprint density at radius 2 is 1.61 bits per heavy atom. The topological polar surface area (TPSA) is 98.7 Å². The van der Waals surface area contributed by atoms with Crippen LogP contribution in [-0.4, -0.2) is 33.9 Å². The summed E-state index contributed by atoms with van der Waals surface area (Å²) in [6.07, 6.45) is -5.39. The number of benzene rings is 2. The van der Waals surface area contributed by atoms with Gasteiger partial charge in [-0.15, -0.1) is 0 Å². The molecule has 0 bridgehead atoms. The van der Waals surface area contributed by atoms with Crippen LogP contribution in [0.15, 0.2) is 48.5 Å². The van der Waals surface area contributed by atoms with Crippen molar-refractivity contribution in [3.8, 4) is 5.75 Å². The predicted molar refractivity (Wildman–Crippen MR) is 87.7 cm³/mol. The second-order valence-electron chi connectivity index (χ2n) is 6.28. The summed E-state index contributed by atoms with van der Waals surface area (Å²) >= 11 is 0. The quantitative estimate of drug-likeness (QED) is 0.472. The summed E-state index contributed by atoms with van der Waals surface area (Å²) in [6, 6.07) is 5.61. The normalized spacial score (nSPS) is 25.0. The van der Waals surface area contributed by atoms with Crippen molar-refractivity contribution in [3.05, 3.63) is 65.5 Å². The Balaban J connectivity index is 2.15. The number of rotatable bonds is 3. The predicted octanol–water partition coefficient (Wildman–Crippen LogP) is 2.64. The monoisotopic (exact) mass is 398 g/mol. The van der Waals surface area contributed by atoms with E-state index < -0.39 is 41.5 Å². The Morgan fingerprint density at radius 1 is 1.04 bits per heavy atom. The number of ketones is 1. The van der Waals surface area contributed by atoms with E-state index in [2.05, 4.69) is 5.32 Å². The van der Waals surface area contributed by atoms with Crippen LogP contribution in [0, 0.1) is 11.7 Å². The molecule has 28 heavy (non-hydrogen) atoms. The van der Waals surface area contributed by atoms with E-state index in [1.165, 1.54) is 17.4 Å². The molecule has 2 aromatic rings. The molecule has 148 valence electrons. The molecule has 0 unspecified atom stereocenters. The Morgan fingerprint density at radius 3 is 2.14 bits per heavy atom. The van der Waals surface area contributed by atoms with Gasteiger partial charge in [0, 0.05) is 5.56 Å². The molecule has 0 saturated carbocycles. The van der Waals surface area contributed by atoms with Crippen LogP contribution in [0.4, 0.5) is 22.4 Å². The first-order valence-electron chi connectivity index (χ1n) is 7.99. The van der Waals surface area contributed by atoms with Gasteiger partial charge in [-0.2, -0.15) is 13.2 Å². The molecule has 3 rings (SSSR count). The van der Waals surface area contributed by atoms with Crippen molar-refractivity contribution >= 4 is 11.8 Å². The third kappa shape index (κ3) is 3.38. The van der Waals surface area contributed by atoms with Gasteiger partial charge in [-0.1, -0.05) is 12.1 Å². The van der Waals surface area contributed by atoms with Gasteiger partial charge in [-0.25, -0.2) is 9.18 Å². The molecule has 0 aromatic heterocycles. The zero-order valence-electron chi connectivity index (χ0n) is 14.0. The summed E-state index contributed by atoms with van der Waals surface area (Å²) in [4.78, 5) is 24.7. The third-order valence-corrected chi connectivity index (χ3v) is 4.47. The van der Waals surface area contributed by atoms with Crippen molar-refractivity contribution in [2.75, 3.05) is 0 Å². The van der Waals surface area contributed by atoms with E-state index in [4.69, 9.17) is 0 Å². The van der Waals surface area contributed by atoms with Crippen molar-refractivity contribution in [2.45, 2.75) is 17.9 Å². The van der Waals surface area contributed by atoms with Crippen LogP contribution in [0.2, 0.25) is 0 Å². The lowest BCUT2D eigenvalue weighted by molar-refractivity contribution is -0.287. The number of aliphatic hydroxyl groups is 1. The lowest BCUT2D eigenvalue weighted by Gasteiger charge is -2.45. The summed E-state index contributed by atoms with van der Waals surface area (Å²) < 4.78 is 54.2. The maximum Gasteiger partial charge on any atom is 0.437 e. The lowest BCUT2D eigenvalue weighted by atomic mass is 9.77. The highest BCUT2D eigenvalue weighted by Crippen LogP contribution is 2.44. The summed E-state index contributed by atoms with van der Waals surface area (Å²) in [5.74, 6) is -4.27. The number of aromatic hydroxyl groups is 1. The standard InChI is InChI=1S/C18H14F4N2O4/c19-11-5-1-10(2-6-11)15(26)13-14(9-3-7-12(25)8-4-9)23-16(27)24-17(13,28)18(20,21)22/h1-8,13-14,25,28H,(H2,23,24,27)/t13-,14-,17-/m0/s1. The molecule has 2 aromatic carbocycles. The average molecular weight is 398 g/mol. The van der Waals surface area contributed by atoms with Gasteiger partial charge in [0.2, 0.25) is 5.72 Å². The number of carbonyl (C=O) groups excluding carboxylic acids is 2. The molecule has 4 N–H and O–H groups in total. The van der Waals surface area contributed by atoms with Crippen LogP contribution in [0.5, 0.6) is 5.75 Å². The van der Waals surface area contributed by atoms with Gasteiger partial charge in [0.1, 0.15) is 17.5 Å². The Hall–Kier alpha value is -3.14. The number of urea groups is 1. The molecular weight excluding hydrogens is 384 g/mol. The van der Waals surface area contributed by atoms with Crippen LogP contribution in [0.3, 0.4) is 0 Å². The molecule has 1 aliphatic heterocycles. The second kappa shape index (κ2) is 6.79. The first kappa shape index (κ1) is 19.6. The van der Waals surface area contributed by atoms with Gasteiger partial charge in [-0.05, 0) is 42.0 Å². The summed E-state index contributed by atoms with van der Waals surface area (Å²) in [5, 5.41) is 23.4. The molecule has 1 saturated heterocycles. The lowest BCUT2D eigenvalue weighted by Crippen LogP contribution is -2.72. The van der Waals surface area contributed by atoms with Gasteiger partial charge in [0.05, 0.1) is 6.04 Å². The van der Waals surface area contributed by atoms with Gasteiger partial charge >= 0.3 is 12.2 Å². The number of phenols is 1. The van der Waals surface area contributed by atoms with E-state index in [1.54, 1.807) is 0 Å². The number of phenolic OH excluding ortho intramolecular Hbond substituents is 1. The molecular formula is C18H14F4N2O4. The molecule has 2 amide bonds. The zero-order valence-corrected chi connectivity index (χ0v) is 14.0. The number of hydrogen-bond acceptors (Lipinski definition) is 4. The number of carbonyl (C=O) groups is 2. The van der Waals surface area contributed by atoms with Crippen LogP contribution in [-0.2, 0) is 0 Å². The number of hydrogen-bond donors (Lipinski definition) is 4. The smallest absolute Gasteiger partial charge is 0.437 e. The molecule has 0 spiro atoms. The first-order chi connectivity index (χ1) is 13.0. The van der Waals surface area contributed by atoms with Crippen molar-refractivity contribution < 1.29 is 37.4 Å². The number of halogens is 4. The zero-order chi connectivity index (χ0) is 20.7. The minimum Gasteiger partial charge on any atom is -0.508 e. The molecule has 0 aliphatic carbocycles. The largest absolute Gasteiger partial charge is 0.508 e. The highest BCUT2D eigenvalue weighted by atomic mass is 19.4. The van der Waals surface area contributed by atoms with Crippen LogP contribution in [0.25, 0.3) is 0 Å². The van der Waals surface area contributed by atoms with E-state index in [9.17, 15) is 37.4 Å². The molecule has 1 fully saturated rings.